The number of hydrogen-bond donors (Lipinski definition) is 1. The number of carbonyl (C=O) groups excluding carboxylic acids is 1. The minimum atomic E-state index is -1.04. The molecule has 1 N–H and O–H groups in total. The van der Waals surface area contributed by atoms with Gasteiger partial charge in [-0.1, -0.05) is 6.07 Å². The highest BCUT2D eigenvalue weighted by atomic mass is 19.2. The molecule has 4 bridgehead atoms. The van der Waals surface area contributed by atoms with Crippen molar-refractivity contribution in [3.63, 3.8) is 0 Å². The summed E-state index contributed by atoms with van der Waals surface area (Å²) in [7, 11) is 0. The van der Waals surface area contributed by atoms with Crippen LogP contribution in [0.3, 0.4) is 0 Å². The lowest BCUT2D eigenvalue weighted by Crippen LogP contribution is -2.59. The lowest BCUT2D eigenvalue weighted by Gasteiger charge is -2.56. The minimum absolute atomic E-state index is 0.175. The van der Waals surface area contributed by atoms with Gasteiger partial charge < -0.3 is 5.32 Å². The molecule has 0 heterocycles. The molecule has 4 fully saturated rings. The maximum Gasteiger partial charge on any atom is 0.254 e. The SMILES string of the molecule is O=C(NC12CC3CC(CC(C3)C1)C2)c1cccc(F)c1F. The zero-order chi connectivity index (χ0) is 14.6. The van der Waals surface area contributed by atoms with Gasteiger partial charge in [-0.25, -0.2) is 8.78 Å². The van der Waals surface area contributed by atoms with Gasteiger partial charge in [0.2, 0.25) is 0 Å². The van der Waals surface area contributed by atoms with E-state index in [9.17, 15) is 13.6 Å². The Morgan fingerprint density at radius 2 is 1.62 bits per heavy atom. The molecule has 0 atom stereocenters. The van der Waals surface area contributed by atoms with Gasteiger partial charge in [-0.2, -0.15) is 0 Å². The van der Waals surface area contributed by atoms with Crippen LogP contribution in [0.1, 0.15) is 48.9 Å². The molecule has 5 rings (SSSR count). The smallest absolute Gasteiger partial charge is 0.254 e. The Hall–Kier alpha value is -1.45. The number of hydrogen-bond acceptors (Lipinski definition) is 1. The molecule has 0 unspecified atom stereocenters. The topological polar surface area (TPSA) is 29.1 Å². The molecule has 4 heteroatoms. The van der Waals surface area contributed by atoms with E-state index >= 15 is 0 Å². The van der Waals surface area contributed by atoms with Gasteiger partial charge in [-0.15, -0.1) is 0 Å². The molecule has 112 valence electrons. The average Bonchev–Trinajstić information content (AvgIpc) is 2.39. The molecule has 0 aromatic heterocycles. The van der Waals surface area contributed by atoms with Gasteiger partial charge in [-0.05, 0) is 68.4 Å². The largest absolute Gasteiger partial charge is 0.346 e. The summed E-state index contributed by atoms with van der Waals surface area (Å²) >= 11 is 0. The first-order valence-corrected chi connectivity index (χ1v) is 7.81. The Balaban J connectivity index is 1.58. The summed E-state index contributed by atoms with van der Waals surface area (Å²) in [6.07, 6.45) is 6.85. The molecule has 4 aliphatic rings. The van der Waals surface area contributed by atoms with Crippen molar-refractivity contribution >= 4 is 5.91 Å². The van der Waals surface area contributed by atoms with Gasteiger partial charge in [0.25, 0.3) is 5.91 Å². The molecule has 0 aliphatic heterocycles. The fourth-order valence-corrected chi connectivity index (χ4v) is 5.25. The molecule has 0 spiro atoms. The van der Waals surface area contributed by atoms with E-state index in [4.69, 9.17) is 0 Å². The van der Waals surface area contributed by atoms with E-state index in [0.717, 1.165) is 25.3 Å². The van der Waals surface area contributed by atoms with Crippen LogP contribution in [0.25, 0.3) is 0 Å². The first kappa shape index (κ1) is 13.2. The van der Waals surface area contributed by atoms with Crippen LogP contribution < -0.4 is 5.32 Å². The maximum absolute atomic E-state index is 13.8. The summed E-state index contributed by atoms with van der Waals surface area (Å²) in [6.45, 7) is 0. The van der Waals surface area contributed by atoms with Crippen LogP contribution in [-0.2, 0) is 0 Å². The molecule has 1 aromatic carbocycles. The first-order chi connectivity index (χ1) is 10.0. The predicted molar refractivity (Wildman–Crippen MR) is 74.7 cm³/mol. The third-order valence-electron chi connectivity index (χ3n) is 5.61. The van der Waals surface area contributed by atoms with Gasteiger partial charge in [0.1, 0.15) is 0 Å². The lowest BCUT2D eigenvalue weighted by molar-refractivity contribution is -0.0167. The lowest BCUT2D eigenvalue weighted by atomic mass is 9.53. The van der Waals surface area contributed by atoms with Crippen LogP contribution in [0.2, 0.25) is 0 Å². The number of nitrogens with one attached hydrogen (secondary N) is 1. The van der Waals surface area contributed by atoms with E-state index in [-0.39, 0.29) is 11.1 Å². The summed E-state index contributed by atoms with van der Waals surface area (Å²) < 4.78 is 27.1. The Bertz CT molecular complexity index is 563. The van der Waals surface area contributed by atoms with Crippen molar-refractivity contribution in [1.82, 2.24) is 5.32 Å². The highest BCUT2D eigenvalue weighted by molar-refractivity contribution is 5.95. The third-order valence-corrected chi connectivity index (χ3v) is 5.61. The van der Waals surface area contributed by atoms with Crippen LogP contribution in [0.5, 0.6) is 0 Å². The number of rotatable bonds is 2. The second kappa shape index (κ2) is 4.52. The summed E-state index contributed by atoms with van der Waals surface area (Å²) in [5, 5.41) is 3.06. The standard InChI is InChI=1S/C17H19F2NO/c18-14-3-1-2-13(15(14)19)16(21)20-17-7-10-4-11(8-17)6-12(5-10)9-17/h1-3,10-12H,4-9H2,(H,20,21). The van der Waals surface area contributed by atoms with E-state index < -0.39 is 17.5 Å². The first-order valence-electron chi connectivity index (χ1n) is 7.81. The van der Waals surface area contributed by atoms with E-state index in [2.05, 4.69) is 5.32 Å². The van der Waals surface area contributed by atoms with Crippen LogP contribution in [0.15, 0.2) is 18.2 Å². The van der Waals surface area contributed by atoms with Gasteiger partial charge in [-0.3, -0.25) is 4.79 Å². The zero-order valence-electron chi connectivity index (χ0n) is 11.9. The molecular weight excluding hydrogens is 272 g/mol. The number of amides is 1. The van der Waals surface area contributed by atoms with E-state index in [1.165, 1.54) is 31.4 Å². The second-order valence-corrected chi connectivity index (χ2v) is 7.25. The molecule has 2 nitrogen and oxygen atoms in total. The second-order valence-electron chi connectivity index (χ2n) is 7.25. The summed E-state index contributed by atoms with van der Waals surface area (Å²) in [6, 6.07) is 3.78. The molecule has 4 saturated carbocycles. The van der Waals surface area contributed by atoms with Crippen molar-refractivity contribution in [1.29, 1.82) is 0 Å². The highest BCUT2D eigenvalue weighted by Crippen LogP contribution is 2.55. The molecule has 1 aromatic rings. The van der Waals surface area contributed by atoms with E-state index in [0.29, 0.717) is 17.8 Å². The normalized spacial score (nSPS) is 36.8. The molecule has 0 saturated heterocycles. The minimum Gasteiger partial charge on any atom is -0.346 e. The zero-order valence-corrected chi connectivity index (χ0v) is 11.9. The van der Waals surface area contributed by atoms with Crippen LogP contribution in [0.4, 0.5) is 8.78 Å². The van der Waals surface area contributed by atoms with Crippen molar-refractivity contribution in [3.8, 4) is 0 Å². The quantitative estimate of drug-likeness (QED) is 0.885. The molecular formula is C17H19F2NO. The third kappa shape index (κ3) is 2.16. The van der Waals surface area contributed by atoms with Gasteiger partial charge >= 0.3 is 0 Å². The fourth-order valence-electron chi connectivity index (χ4n) is 5.25. The Labute approximate surface area is 122 Å². The van der Waals surface area contributed by atoms with Crippen molar-refractivity contribution in [2.75, 3.05) is 0 Å². The van der Waals surface area contributed by atoms with Crippen molar-refractivity contribution < 1.29 is 13.6 Å². The molecule has 4 aliphatic carbocycles. The van der Waals surface area contributed by atoms with Crippen molar-refractivity contribution in [3.05, 3.63) is 35.4 Å². The summed E-state index contributed by atoms with van der Waals surface area (Å²) in [5.74, 6) is -0.362. The average molecular weight is 291 g/mol. The van der Waals surface area contributed by atoms with Gasteiger partial charge in [0.15, 0.2) is 11.6 Å². The Morgan fingerprint density at radius 1 is 1.05 bits per heavy atom. The van der Waals surface area contributed by atoms with Crippen LogP contribution in [-0.4, -0.2) is 11.4 Å². The summed E-state index contributed by atoms with van der Waals surface area (Å²) in [5.41, 5.74) is -0.351. The van der Waals surface area contributed by atoms with E-state index in [1.54, 1.807) is 0 Å². The van der Waals surface area contributed by atoms with Crippen molar-refractivity contribution in [2.24, 2.45) is 17.8 Å². The monoisotopic (exact) mass is 291 g/mol. The van der Waals surface area contributed by atoms with Crippen LogP contribution in [0, 0.1) is 29.4 Å². The predicted octanol–water partition coefficient (Wildman–Crippen LogP) is 3.66. The number of carbonyl (C=O) groups is 1. The molecule has 21 heavy (non-hydrogen) atoms. The molecule has 1 amide bonds. The van der Waals surface area contributed by atoms with Gasteiger partial charge in [0, 0.05) is 5.54 Å². The van der Waals surface area contributed by atoms with Gasteiger partial charge in [0.05, 0.1) is 5.56 Å². The van der Waals surface area contributed by atoms with Crippen LogP contribution >= 0.6 is 0 Å². The fraction of sp³-hybridized carbons (Fsp3) is 0.588. The Morgan fingerprint density at radius 3 is 2.19 bits per heavy atom. The maximum atomic E-state index is 13.8. The van der Waals surface area contributed by atoms with Crippen molar-refractivity contribution in [2.45, 2.75) is 44.1 Å². The number of halogens is 2. The number of benzene rings is 1. The van der Waals surface area contributed by atoms with E-state index in [1.807, 2.05) is 0 Å². The Kier molecular flexibility index (Phi) is 2.85. The molecule has 0 radical (unpaired) electrons. The highest BCUT2D eigenvalue weighted by Gasteiger charge is 2.51. The summed E-state index contributed by atoms with van der Waals surface area (Å²) in [4.78, 5) is 12.4.